The van der Waals surface area contributed by atoms with Crippen LogP contribution >= 0.6 is 0 Å². The molecule has 1 aromatic carbocycles. The second-order valence-corrected chi connectivity index (χ2v) is 13.2. The molecule has 4 unspecified atom stereocenters. The summed E-state index contributed by atoms with van der Waals surface area (Å²) in [5.41, 5.74) is 1.91. The number of rotatable bonds is 8. The summed E-state index contributed by atoms with van der Waals surface area (Å²) in [6, 6.07) is 9.59. The van der Waals surface area contributed by atoms with Crippen molar-refractivity contribution in [1.82, 2.24) is 14.5 Å². The van der Waals surface area contributed by atoms with E-state index >= 15 is 0 Å². The van der Waals surface area contributed by atoms with Gasteiger partial charge in [0.15, 0.2) is 5.69 Å². The van der Waals surface area contributed by atoms with E-state index in [9.17, 15) is 14.7 Å². The van der Waals surface area contributed by atoms with Crippen molar-refractivity contribution < 1.29 is 14.7 Å². The molecule has 41 heavy (non-hydrogen) atoms. The van der Waals surface area contributed by atoms with E-state index in [1.807, 2.05) is 28.8 Å². The number of hydrogen-bond acceptors (Lipinski definition) is 6. The normalized spacial score (nSPS) is 32.4. The van der Waals surface area contributed by atoms with Gasteiger partial charge in [-0.25, -0.2) is 4.98 Å². The Morgan fingerprint density at radius 2 is 1.63 bits per heavy atom. The lowest BCUT2D eigenvalue weighted by molar-refractivity contribution is -0.136. The fourth-order valence-electron chi connectivity index (χ4n) is 9.06. The summed E-state index contributed by atoms with van der Waals surface area (Å²) in [4.78, 5) is 38.2. The minimum absolute atomic E-state index is 0.0821. The van der Waals surface area contributed by atoms with Crippen molar-refractivity contribution >= 4 is 22.7 Å². The first-order chi connectivity index (χ1) is 19.9. The average molecular weight is 563 g/mol. The van der Waals surface area contributed by atoms with Crippen molar-refractivity contribution in [3.8, 4) is 0 Å². The molecule has 3 heterocycles. The molecule has 4 aliphatic rings. The summed E-state index contributed by atoms with van der Waals surface area (Å²) >= 11 is 0. The number of para-hydroxylation sites is 2. The Morgan fingerprint density at radius 3 is 2.27 bits per heavy atom. The number of carbonyl (C=O) groups is 1. The number of oxime groups is 1. The van der Waals surface area contributed by atoms with E-state index in [2.05, 4.69) is 17.0 Å². The van der Waals surface area contributed by atoms with Crippen molar-refractivity contribution in [3.63, 3.8) is 0 Å². The highest BCUT2D eigenvalue weighted by Crippen LogP contribution is 2.47. The molecule has 0 spiro atoms. The lowest BCUT2D eigenvalue weighted by Crippen LogP contribution is -2.57. The predicted molar refractivity (Wildman–Crippen MR) is 160 cm³/mol. The molecule has 4 fully saturated rings. The van der Waals surface area contributed by atoms with Crippen LogP contribution in [0.25, 0.3) is 11.0 Å². The Kier molecular flexibility index (Phi) is 8.47. The third-order valence-corrected chi connectivity index (χ3v) is 10.7. The van der Waals surface area contributed by atoms with Crippen molar-refractivity contribution in [2.24, 2.45) is 22.9 Å². The second kappa shape index (κ2) is 12.2. The lowest BCUT2D eigenvalue weighted by atomic mass is 9.76. The third-order valence-electron chi connectivity index (χ3n) is 10.7. The fourth-order valence-corrected chi connectivity index (χ4v) is 9.06. The molecule has 0 amide bonds. The first-order valence-electron chi connectivity index (χ1n) is 16.1. The van der Waals surface area contributed by atoms with E-state index in [1.165, 1.54) is 71.3 Å². The minimum Gasteiger partial charge on any atom is -0.481 e. The number of hydrogen-bond donors (Lipinski definition) is 1. The number of fused-ring (bicyclic) bond motifs is 6. The van der Waals surface area contributed by atoms with Gasteiger partial charge in [0.2, 0.25) is 0 Å². The summed E-state index contributed by atoms with van der Waals surface area (Å²) in [5.74, 6) is 1.72. The van der Waals surface area contributed by atoms with Gasteiger partial charge in [-0.3, -0.25) is 14.5 Å². The molecular formula is C33H46N4O4. The van der Waals surface area contributed by atoms with Crippen LogP contribution in [0.3, 0.4) is 0 Å². The largest absolute Gasteiger partial charge is 0.481 e. The molecule has 1 aromatic heterocycles. The highest BCUT2D eigenvalue weighted by atomic mass is 16.6. The highest BCUT2D eigenvalue weighted by Gasteiger charge is 2.45. The summed E-state index contributed by atoms with van der Waals surface area (Å²) in [5, 5.41) is 13.4. The first-order valence-corrected chi connectivity index (χ1v) is 16.1. The van der Waals surface area contributed by atoms with E-state index in [-0.39, 0.29) is 30.1 Å². The predicted octanol–water partition coefficient (Wildman–Crippen LogP) is 6.16. The van der Waals surface area contributed by atoms with Gasteiger partial charge in [0.25, 0.3) is 5.56 Å². The van der Waals surface area contributed by atoms with Crippen LogP contribution < -0.4 is 5.56 Å². The minimum atomic E-state index is -0.942. The average Bonchev–Trinajstić information content (AvgIpc) is 3.27. The van der Waals surface area contributed by atoms with Crippen LogP contribution in [0.1, 0.15) is 109 Å². The summed E-state index contributed by atoms with van der Waals surface area (Å²) in [6.45, 7) is 2.38. The maximum Gasteiger partial charge on any atom is 0.303 e. The quantitative estimate of drug-likeness (QED) is 0.306. The molecule has 2 saturated heterocycles. The van der Waals surface area contributed by atoms with E-state index in [0.29, 0.717) is 23.8 Å². The van der Waals surface area contributed by atoms with E-state index in [0.717, 1.165) is 41.6 Å². The molecule has 2 saturated carbocycles. The van der Waals surface area contributed by atoms with Gasteiger partial charge < -0.3 is 14.5 Å². The molecule has 2 aliphatic carbocycles. The maximum absolute atomic E-state index is 14.2. The maximum atomic E-state index is 14.2. The molecule has 222 valence electrons. The number of nitrogens with zero attached hydrogens (tertiary/aromatic N) is 4. The van der Waals surface area contributed by atoms with Crippen LogP contribution in [0.5, 0.6) is 0 Å². The van der Waals surface area contributed by atoms with E-state index < -0.39 is 5.97 Å². The number of benzene rings is 1. The molecule has 4 bridgehead atoms. The fraction of sp³-hybridized carbons (Fsp3) is 0.697. The molecule has 1 N–H and O–H groups in total. The van der Waals surface area contributed by atoms with Crippen LogP contribution in [0, 0.1) is 17.8 Å². The monoisotopic (exact) mass is 562 g/mol. The van der Waals surface area contributed by atoms with Crippen LogP contribution in [0.2, 0.25) is 0 Å². The van der Waals surface area contributed by atoms with E-state index in [1.54, 1.807) is 0 Å². The summed E-state index contributed by atoms with van der Waals surface area (Å²) in [6.07, 6.45) is 15.3. The molecule has 6 rings (SSSR count). The zero-order valence-electron chi connectivity index (χ0n) is 24.7. The molecule has 8 nitrogen and oxygen atoms in total. The van der Waals surface area contributed by atoms with Crippen LogP contribution in [0.4, 0.5) is 0 Å². The number of carboxylic acid groups (broad SMARTS) is 1. The zero-order valence-corrected chi connectivity index (χ0v) is 24.7. The zero-order chi connectivity index (χ0) is 28.5. The Hall–Kier alpha value is -2.74. The smallest absolute Gasteiger partial charge is 0.303 e. The van der Waals surface area contributed by atoms with E-state index in [4.69, 9.17) is 9.82 Å². The van der Waals surface area contributed by atoms with Gasteiger partial charge in [0.1, 0.15) is 12.8 Å². The summed E-state index contributed by atoms with van der Waals surface area (Å²) < 4.78 is 1.97. The molecule has 2 aliphatic heterocycles. The number of aliphatic carboxylic acids is 1. The Labute approximate surface area is 243 Å². The van der Waals surface area contributed by atoms with Crippen molar-refractivity contribution in [3.05, 3.63) is 40.3 Å². The standard InChI is InChI=1S/C33H46N4O4/c1-3-21-15-22-11-12-23(16-21)18-26(17-22)36-24-7-6-8-25(36)20-27(19-24)37-30-10-5-4-9-28(30)34-32(33(37)40)29(35-41-2)13-14-31(38)39/h4-5,9-10,21-27H,3,6-8,11-20H2,1-2H3,(H,38,39). The third kappa shape index (κ3) is 5.81. The first kappa shape index (κ1) is 28.4. The second-order valence-electron chi connectivity index (χ2n) is 13.2. The Morgan fingerprint density at radius 1 is 0.951 bits per heavy atom. The highest BCUT2D eigenvalue weighted by molar-refractivity contribution is 6.00. The summed E-state index contributed by atoms with van der Waals surface area (Å²) in [7, 11) is 1.42. The van der Waals surface area contributed by atoms with Crippen molar-refractivity contribution in [2.45, 2.75) is 121 Å². The molecule has 4 atom stereocenters. The number of aromatic nitrogens is 2. The molecule has 0 radical (unpaired) electrons. The van der Waals surface area contributed by atoms with Crippen molar-refractivity contribution in [1.29, 1.82) is 0 Å². The van der Waals surface area contributed by atoms with Gasteiger partial charge in [-0.05, 0) is 81.3 Å². The number of carboxylic acids is 1. The Balaban J connectivity index is 1.32. The van der Waals surface area contributed by atoms with Gasteiger partial charge in [0.05, 0.1) is 17.5 Å². The van der Waals surface area contributed by atoms with Gasteiger partial charge in [-0.2, -0.15) is 0 Å². The lowest BCUT2D eigenvalue weighted by Gasteiger charge is -2.53. The van der Waals surface area contributed by atoms with Gasteiger partial charge in [0, 0.05) is 30.6 Å². The van der Waals surface area contributed by atoms with Gasteiger partial charge in [-0.15, -0.1) is 0 Å². The molecular weight excluding hydrogens is 516 g/mol. The number of piperidine rings is 2. The molecule has 8 heteroatoms. The van der Waals surface area contributed by atoms with Gasteiger partial charge >= 0.3 is 5.97 Å². The topological polar surface area (TPSA) is 97.0 Å². The Bertz CT molecular complexity index is 1310. The molecule has 2 aromatic rings. The van der Waals surface area contributed by atoms with Crippen LogP contribution in [0.15, 0.2) is 34.2 Å². The SMILES string of the molecule is CCC1CC2CCC(C1)CC(N1C3CCCC1CC(n1c(=O)c(C(CCC(=O)O)=NOC)nc4ccccc41)C3)C2. The van der Waals surface area contributed by atoms with Crippen LogP contribution in [-0.2, 0) is 9.63 Å². The van der Waals surface area contributed by atoms with Crippen LogP contribution in [-0.4, -0.2) is 56.5 Å². The van der Waals surface area contributed by atoms with Gasteiger partial charge in [-0.1, -0.05) is 49.9 Å². The van der Waals surface area contributed by atoms with Crippen molar-refractivity contribution in [2.75, 3.05) is 7.11 Å².